The number of benzene rings is 3. The summed E-state index contributed by atoms with van der Waals surface area (Å²) in [4.78, 5) is 30.0. The van der Waals surface area contributed by atoms with Crippen molar-refractivity contribution >= 4 is 27.6 Å². The summed E-state index contributed by atoms with van der Waals surface area (Å²) in [6.07, 6.45) is -0.215. The second-order valence-corrected chi connectivity index (χ2v) is 13.3. The molecule has 0 saturated heterocycles. The van der Waals surface area contributed by atoms with E-state index in [2.05, 4.69) is 50.8 Å². The molecular weight excluding hydrogens is 636 g/mol. The molecule has 0 spiro atoms. The maximum absolute atomic E-state index is 13.4. The van der Waals surface area contributed by atoms with Crippen LogP contribution < -0.4 is 20.5 Å². The SMILES string of the molecule is Cc1ccc(Cn2cncc2C[As]C2CCOc3c(C(=O)NC(Cc4ccc(OC(F)(F)F)cc4)C(N)=O)cccc32)cc1. The fraction of sp³-hybridized carbons (Fsp3) is 0.281. The fourth-order valence-corrected chi connectivity index (χ4v) is 7.86. The number of halogens is 3. The third-order valence-electron chi connectivity index (χ3n) is 7.28. The first-order valence-electron chi connectivity index (χ1n) is 14.0. The quantitative estimate of drug-likeness (QED) is 0.226. The number of rotatable bonds is 11. The Balaban J connectivity index is 1.25. The number of imidazole rings is 1. The van der Waals surface area contributed by atoms with E-state index in [4.69, 9.17) is 10.5 Å². The number of nitrogens with one attached hydrogen (secondary N) is 1. The molecule has 2 amide bonds. The average molecular weight is 668 g/mol. The van der Waals surface area contributed by atoms with E-state index in [9.17, 15) is 22.8 Å². The van der Waals surface area contributed by atoms with Crippen molar-refractivity contribution < 1.29 is 32.2 Å². The maximum atomic E-state index is 13.4. The molecule has 5 rings (SSSR count). The molecular formula is C32H31AsF3N4O4. The molecule has 0 saturated carbocycles. The van der Waals surface area contributed by atoms with Gasteiger partial charge in [0.05, 0.1) is 0 Å². The Bertz CT molecular complexity index is 1610. The summed E-state index contributed by atoms with van der Waals surface area (Å²) < 4.78 is 49.7. The van der Waals surface area contributed by atoms with Gasteiger partial charge in [-0.1, -0.05) is 0 Å². The van der Waals surface area contributed by atoms with Crippen LogP contribution in [-0.4, -0.2) is 56.1 Å². The molecule has 44 heavy (non-hydrogen) atoms. The van der Waals surface area contributed by atoms with Crippen LogP contribution in [0.1, 0.15) is 49.4 Å². The van der Waals surface area contributed by atoms with Crippen molar-refractivity contribution in [3.8, 4) is 11.5 Å². The van der Waals surface area contributed by atoms with Crippen LogP contribution in [0.2, 0.25) is 0 Å². The van der Waals surface area contributed by atoms with E-state index >= 15 is 0 Å². The third kappa shape index (κ3) is 8.02. The van der Waals surface area contributed by atoms with Crippen LogP contribution in [0.25, 0.3) is 0 Å². The minimum atomic E-state index is -4.81. The molecule has 3 N–H and O–H groups in total. The topological polar surface area (TPSA) is 108 Å². The van der Waals surface area contributed by atoms with Gasteiger partial charge in [-0.05, 0) is 0 Å². The van der Waals surface area contributed by atoms with Crippen molar-refractivity contribution in [1.82, 2.24) is 14.9 Å². The number of nitrogens with zero attached hydrogens (tertiary/aromatic N) is 2. The molecule has 1 aromatic heterocycles. The van der Waals surface area contributed by atoms with Gasteiger partial charge < -0.3 is 4.74 Å². The Kier molecular flexibility index (Phi) is 9.64. The molecule has 12 heteroatoms. The fourth-order valence-electron chi connectivity index (χ4n) is 5.01. The average Bonchev–Trinajstić information content (AvgIpc) is 3.43. The number of carbonyl (C=O) groups is 2. The van der Waals surface area contributed by atoms with Gasteiger partial charge in [-0.2, -0.15) is 0 Å². The molecule has 3 aromatic carbocycles. The first-order chi connectivity index (χ1) is 21.1. The summed E-state index contributed by atoms with van der Waals surface area (Å²) in [6, 6.07) is 17.8. The van der Waals surface area contributed by atoms with Crippen LogP contribution in [0.4, 0.5) is 13.2 Å². The summed E-state index contributed by atoms with van der Waals surface area (Å²) in [6.45, 7) is 3.28. The summed E-state index contributed by atoms with van der Waals surface area (Å²) in [5.41, 5.74) is 10.9. The Labute approximate surface area is 259 Å². The van der Waals surface area contributed by atoms with Crippen molar-refractivity contribution in [2.24, 2.45) is 5.73 Å². The van der Waals surface area contributed by atoms with Crippen molar-refractivity contribution in [2.75, 3.05) is 6.61 Å². The van der Waals surface area contributed by atoms with E-state index in [0.717, 1.165) is 41.6 Å². The molecule has 2 atom stereocenters. The molecule has 1 aliphatic rings. The van der Waals surface area contributed by atoms with Gasteiger partial charge in [0.1, 0.15) is 0 Å². The number of fused-ring (bicyclic) bond motifs is 1. The Hall–Kier alpha value is -4.24. The molecule has 8 nitrogen and oxygen atoms in total. The number of carbonyl (C=O) groups excluding carboxylic acids is 2. The molecule has 2 unspecified atom stereocenters. The monoisotopic (exact) mass is 667 g/mol. The number of para-hydroxylation sites is 1. The van der Waals surface area contributed by atoms with Gasteiger partial charge in [-0.3, -0.25) is 0 Å². The number of aromatic nitrogens is 2. The number of nitrogens with two attached hydrogens (primary N) is 1. The Morgan fingerprint density at radius 1 is 1.11 bits per heavy atom. The normalized spacial score (nSPS) is 15.4. The number of alkyl halides is 3. The Morgan fingerprint density at radius 3 is 2.55 bits per heavy atom. The molecule has 0 bridgehead atoms. The summed E-state index contributed by atoms with van der Waals surface area (Å²) in [5, 5.41) is 3.57. The van der Waals surface area contributed by atoms with Gasteiger partial charge in [0, 0.05) is 0 Å². The van der Waals surface area contributed by atoms with Crippen molar-refractivity contribution in [2.45, 2.75) is 48.6 Å². The van der Waals surface area contributed by atoms with Crippen LogP contribution in [0, 0.1) is 6.92 Å². The van der Waals surface area contributed by atoms with Gasteiger partial charge in [0.2, 0.25) is 0 Å². The van der Waals surface area contributed by atoms with Gasteiger partial charge in [-0.25, -0.2) is 0 Å². The molecule has 229 valence electrons. The summed E-state index contributed by atoms with van der Waals surface area (Å²) in [7, 11) is 0. The van der Waals surface area contributed by atoms with E-state index in [-0.39, 0.29) is 32.6 Å². The van der Waals surface area contributed by atoms with Crippen molar-refractivity contribution in [1.29, 1.82) is 0 Å². The third-order valence-corrected chi connectivity index (χ3v) is 10.4. The molecule has 4 aromatic rings. The van der Waals surface area contributed by atoms with E-state index in [1.54, 1.807) is 12.1 Å². The molecule has 1 radical (unpaired) electrons. The number of hydrogen-bond acceptors (Lipinski definition) is 5. The van der Waals surface area contributed by atoms with Crippen LogP contribution >= 0.6 is 0 Å². The van der Waals surface area contributed by atoms with E-state index in [1.165, 1.54) is 23.3 Å². The first kappa shape index (κ1) is 31.2. The van der Waals surface area contributed by atoms with Crippen molar-refractivity contribution in [3.05, 3.63) is 113 Å². The Morgan fingerprint density at radius 2 is 1.84 bits per heavy atom. The summed E-state index contributed by atoms with van der Waals surface area (Å²) >= 11 is -0.192. The van der Waals surface area contributed by atoms with E-state index in [0.29, 0.717) is 23.5 Å². The van der Waals surface area contributed by atoms with Crippen LogP contribution in [0.3, 0.4) is 0 Å². The number of ether oxygens (including phenoxy) is 2. The van der Waals surface area contributed by atoms with Gasteiger partial charge in [-0.15, -0.1) is 13.2 Å². The number of primary amides is 1. The predicted octanol–water partition coefficient (Wildman–Crippen LogP) is 4.69. The zero-order chi connectivity index (χ0) is 31.3. The minimum absolute atomic E-state index is 0.00713. The second kappa shape index (κ2) is 13.6. The molecule has 0 fully saturated rings. The number of hydrogen-bond donors (Lipinski definition) is 2. The van der Waals surface area contributed by atoms with Crippen molar-refractivity contribution in [3.63, 3.8) is 0 Å². The zero-order valence-corrected chi connectivity index (χ0v) is 25.8. The van der Waals surface area contributed by atoms with Gasteiger partial charge >= 0.3 is 242 Å². The standard InChI is InChI=1S/C32H31AsF3N4O4/c1-20-5-7-22(8-6-20)18-40-19-38-17-23(40)16-33-27-13-14-43-29-25(27)3-2-4-26(29)31(42)39-28(30(37)41)15-21-9-11-24(12-10-21)44-32(34,35)36/h2-12,17,19,27-28H,13-16,18H2,1H3,(H2,37,41)(H,39,42). The first-order valence-corrected chi connectivity index (χ1v) is 16.4. The van der Waals surface area contributed by atoms with Crippen LogP contribution in [-0.2, 0) is 23.0 Å². The molecule has 0 aliphatic carbocycles. The van der Waals surface area contributed by atoms with E-state index in [1.807, 2.05) is 18.6 Å². The summed E-state index contributed by atoms with van der Waals surface area (Å²) in [5.74, 6) is -1.18. The molecule has 1 aliphatic heterocycles. The van der Waals surface area contributed by atoms with Crippen LogP contribution in [0.15, 0.2) is 79.3 Å². The number of amides is 2. The second-order valence-electron chi connectivity index (χ2n) is 10.5. The van der Waals surface area contributed by atoms with E-state index < -0.39 is 24.2 Å². The zero-order valence-electron chi connectivity index (χ0n) is 23.9. The van der Waals surface area contributed by atoms with Gasteiger partial charge in [0.15, 0.2) is 0 Å². The van der Waals surface area contributed by atoms with Gasteiger partial charge in [0.25, 0.3) is 0 Å². The predicted molar refractivity (Wildman–Crippen MR) is 159 cm³/mol. The molecule has 2 heterocycles. The number of aryl methyl sites for hydroxylation is 1. The van der Waals surface area contributed by atoms with Crippen LogP contribution in [0.5, 0.6) is 11.5 Å².